The van der Waals surface area contributed by atoms with Crippen LogP contribution in [0.1, 0.15) is 57.4 Å². The SMILES string of the molecule is CC(C)c1cccc(-c2ccc(S(=O)(=O)N(C)C3CCCCC4=C(OCC(=O)O)C=CCC43)cc2)c1. The Morgan fingerprint density at radius 1 is 1.11 bits per heavy atom. The molecular formula is C29H35NO5S. The van der Waals surface area contributed by atoms with E-state index >= 15 is 0 Å². The first kappa shape index (κ1) is 26.2. The normalized spacial score (nSPS) is 20.4. The summed E-state index contributed by atoms with van der Waals surface area (Å²) in [7, 11) is -2.05. The van der Waals surface area contributed by atoms with Crippen molar-refractivity contribution in [2.24, 2.45) is 5.92 Å². The molecule has 2 unspecified atom stereocenters. The predicted molar refractivity (Wildman–Crippen MR) is 141 cm³/mol. The van der Waals surface area contributed by atoms with Gasteiger partial charge in [0.1, 0.15) is 5.76 Å². The van der Waals surface area contributed by atoms with Gasteiger partial charge in [0.2, 0.25) is 10.0 Å². The van der Waals surface area contributed by atoms with Gasteiger partial charge < -0.3 is 9.84 Å². The van der Waals surface area contributed by atoms with Crippen molar-refractivity contribution in [2.75, 3.05) is 13.7 Å². The van der Waals surface area contributed by atoms with Crippen LogP contribution in [0.5, 0.6) is 0 Å². The van der Waals surface area contributed by atoms with Crippen molar-refractivity contribution in [2.45, 2.75) is 62.8 Å². The fraction of sp³-hybridized carbons (Fsp3) is 0.414. The highest BCUT2D eigenvalue weighted by Gasteiger charge is 2.38. The predicted octanol–water partition coefficient (Wildman–Crippen LogP) is 5.97. The van der Waals surface area contributed by atoms with Gasteiger partial charge in [0.05, 0.1) is 4.90 Å². The number of hydrogen-bond donors (Lipinski definition) is 1. The summed E-state index contributed by atoms with van der Waals surface area (Å²) in [6, 6.07) is 15.3. The van der Waals surface area contributed by atoms with Gasteiger partial charge in [0.15, 0.2) is 6.61 Å². The molecule has 192 valence electrons. The summed E-state index contributed by atoms with van der Waals surface area (Å²) in [5.41, 5.74) is 4.33. The molecule has 1 N–H and O–H groups in total. The van der Waals surface area contributed by atoms with Gasteiger partial charge in [-0.25, -0.2) is 13.2 Å². The molecule has 0 radical (unpaired) electrons. The maximum absolute atomic E-state index is 13.7. The van der Waals surface area contributed by atoms with E-state index in [1.54, 1.807) is 19.2 Å². The van der Waals surface area contributed by atoms with Gasteiger partial charge in [-0.05, 0) is 72.1 Å². The number of carbonyl (C=O) groups is 1. The molecule has 1 fully saturated rings. The number of carboxylic acids is 1. The first-order chi connectivity index (χ1) is 17.2. The number of aliphatic carboxylic acids is 1. The van der Waals surface area contributed by atoms with Crippen molar-refractivity contribution in [1.82, 2.24) is 4.31 Å². The maximum atomic E-state index is 13.7. The fourth-order valence-electron chi connectivity index (χ4n) is 5.28. The molecule has 0 heterocycles. The monoisotopic (exact) mass is 509 g/mol. The van der Waals surface area contributed by atoms with Crippen LogP contribution < -0.4 is 0 Å². The number of benzene rings is 2. The summed E-state index contributed by atoms with van der Waals surface area (Å²) < 4.78 is 34.5. The van der Waals surface area contributed by atoms with Crippen molar-refractivity contribution in [3.8, 4) is 11.1 Å². The molecule has 4 rings (SSSR count). The van der Waals surface area contributed by atoms with Crippen LogP contribution in [0.2, 0.25) is 0 Å². The van der Waals surface area contributed by atoms with E-state index < -0.39 is 22.6 Å². The van der Waals surface area contributed by atoms with Gasteiger partial charge in [0, 0.05) is 19.0 Å². The van der Waals surface area contributed by atoms with Gasteiger partial charge in [-0.1, -0.05) is 62.7 Å². The fourth-order valence-corrected chi connectivity index (χ4v) is 6.70. The third-order valence-electron chi connectivity index (χ3n) is 7.32. The highest BCUT2D eigenvalue weighted by Crippen LogP contribution is 2.40. The molecule has 7 heteroatoms. The van der Waals surface area contributed by atoms with Crippen LogP contribution in [0.15, 0.2) is 76.9 Å². The zero-order valence-electron chi connectivity index (χ0n) is 21.2. The zero-order valence-corrected chi connectivity index (χ0v) is 22.0. The second kappa shape index (κ2) is 11.0. The van der Waals surface area contributed by atoms with Crippen molar-refractivity contribution in [3.05, 3.63) is 77.6 Å². The molecule has 6 nitrogen and oxygen atoms in total. The quantitative estimate of drug-likeness (QED) is 0.474. The molecule has 2 aromatic rings. The van der Waals surface area contributed by atoms with Crippen molar-refractivity contribution < 1.29 is 23.1 Å². The van der Waals surface area contributed by atoms with E-state index in [1.165, 1.54) is 9.87 Å². The van der Waals surface area contributed by atoms with Crippen molar-refractivity contribution in [3.63, 3.8) is 0 Å². The molecule has 0 amide bonds. The van der Waals surface area contributed by atoms with Crippen LogP contribution >= 0.6 is 0 Å². The van der Waals surface area contributed by atoms with E-state index in [0.717, 1.165) is 42.4 Å². The molecule has 36 heavy (non-hydrogen) atoms. The average molecular weight is 510 g/mol. The van der Waals surface area contributed by atoms with Crippen molar-refractivity contribution in [1.29, 1.82) is 0 Å². The second-order valence-corrected chi connectivity index (χ2v) is 12.0. The van der Waals surface area contributed by atoms with E-state index in [1.807, 2.05) is 36.4 Å². The van der Waals surface area contributed by atoms with Gasteiger partial charge in [-0.3, -0.25) is 0 Å². The molecule has 1 saturated carbocycles. The lowest BCUT2D eigenvalue weighted by molar-refractivity contribution is -0.140. The molecule has 2 aromatic carbocycles. The van der Waals surface area contributed by atoms with Crippen LogP contribution in [0.3, 0.4) is 0 Å². The summed E-state index contributed by atoms with van der Waals surface area (Å²) in [6.07, 6.45) is 7.88. The largest absolute Gasteiger partial charge is 0.482 e. The Hall–Kier alpha value is -2.90. The number of nitrogens with zero attached hydrogens (tertiary/aromatic N) is 1. The number of hydrogen-bond acceptors (Lipinski definition) is 4. The van der Waals surface area contributed by atoms with E-state index in [9.17, 15) is 13.2 Å². The minimum absolute atomic E-state index is 0.0286. The first-order valence-corrected chi connectivity index (χ1v) is 14.0. The number of sulfonamides is 1. The molecule has 0 saturated heterocycles. The lowest BCUT2D eigenvalue weighted by Crippen LogP contribution is -2.42. The Kier molecular flexibility index (Phi) is 8.00. The maximum Gasteiger partial charge on any atom is 0.341 e. The number of allylic oxidation sites excluding steroid dienone is 2. The molecule has 2 aliphatic carbocycles. The summed E-state index contributed by atoms with van der Waals surface area (Å²) in [5, 5.41) is 9.04. The highest BCUT2D eigenvalue weighted by atomic mass is 32.2. The molecule has 0 aliphatic heterocycles. The standard InChI is InChI=1S/C29H35NO5S/c1-20(2)22-8-6-9-23(18-22)21-14-16-24(17-15-21)36(33,34)30(3)27-12-5-4-10-26-25(27)11-7-13-28(26)35-19-29(31)32/h6-9,13-18,20,25,27H,4-5,10-12,19H2,1-3H3,(H,31,32). The third-order valence-corrected chi connectivity index (χ3v) is 9.22. The zero-order chi connectivity index (χ0) is 25.9. The van der Waals surface area contributed by atoms with E-state index in [4.69, 9.17) is 9.84 Å². The summed E-state index contributed by atoms with van der Waals surface area (Å²) in [5.74, 6) is -0.0530. The molecule has 0 bridgehead atoms. The smallest absolute Gasteiger partial charge is 0.341 e. The average Bonchev–Trinajstić information content (AvgIpc) is 3.10. The molecule has 0 aromatic heterocycles. The number of ether oxygens (including phenoxy) is 1. The van der Waals surface area contributed by atoms with Crippen LogP contribution in [-0.2, 0) is 19.6 Å². The van der Waals surface area contributed by atoms with Gasteiger partial charge in [-0.15, -0.1) is 0 Å². The lowest BCUT2D eigenvalue weighted by atomic mass is 9.83. The Labute approximate surface area is 214 Å². The molecule has 0 spiro atoms. The van der Waals surface area contributed by atoms with Crippen LogP contribution in [0, 0.1) is 5.92 Å². The Morgan fingerprint density at radius 2 is 1.86 bits per heavy atom. The molecule has 2 atom stereocenters. The summed E-state index contributed by atoms with van der Waals surface area (Å²) in [6.45, 7) is 3.91. The topological polar surface area (TPSA) is 83.9 Å². The molecular weight excluding hydrogens is 474 g/mol. The first-order valence-electron chi connectivity index (χ1n) is 12.6. The number of rotatable bonds is 8. The Balaban J connectivity index is 1.59. The minimum atomic E-state index is -3.72. The van der Waals surface area contributed by atoms with Crippen molar-refractivity contribution >= 4 is 16.0 Å². The third kappa shape index (κ3) is 5.57. The number of carboxylic acid groups (broad SMARTS) is 1. The summed E-state index contributed by atoms with van der Waals surface area (Å²) >= 11 is 0. The van der Waals surface area contributed by atoms with Crippen LogP contribution in [0.4, 0.5) is 0 Å². The highest BCUT2D eigenvalue weighted by molar-refractivity contribution is 7.89. The second-order valence-electron chi connectivity index (χ2n) is 9.96. The molecule has 2 aliphatic rings. The van der Waals surface area contributed by atoms with E-state index in [0.29, 0.717) is 18.1 Å². The summed E-state index contributed by atoms with van der Waals surface area (Å²) in [4.78, 5) is 11.3. The van der Waals surface area contributed by atoms with Crippen LogP contribution in [0.25, 0.3) is 11.1 Å². The van der Waals surface area contributed by atoms with E-state index in [2.05, 4.69) is 26.0 Å². The Bertz CT molecular complexity index is 1260. The number of fused-ring (bicyclic) bond motifs is 1. The van der Waals surface area contributed by atoms with Gasteiger partial charge in [-0.2, -0.15) is 4.31 Å². The van der Waals surface area contributed by atoms with Gasteiger partial charge >= 0.3 is 5.97 Å². The van der Waals surface area contributed by atoms with Crippen LogP contribution in [-0.4, -0.2) is 43.5 Å². The lowest BCUT2D eigenvalue weighted by Gasteiger charge is -2.35. The Morgan fingerprint density at radius 3 is 2.56 bits per heavy atom. The van der Waals surface area contributed by atoms with Gasteiger partial charge in [0.25, 0.3) is 0 Å². The van der Waals surface area contributed by atoms with E-state index in [-0.39, 0.29) is 16.9 Å². The minimum Gasteiger partial charge on any atom is -0.482 e.